The predicted molar refractivity (Wildman–Crippen MR) is 97.8 cm³/mol. The van der Waals surface area contributed by atoms with Gasteiger partial charge in [-0.15, -0.1) is 23.1 Å². The molecular formula is C17H17N3OS2. The van der Waals surface area contributed by atoms with Gasteiger partial charge in [-0.2, -0.15) is 0 Å². The normalized spacial score (nSPS) is 13.4. The number of fused-ring (bicyclic) bond motifs is 3. The van der Waals surface area contributed by atoms with Crippen LogP contribution in [0.2, 0.25) is 0 Å². The number of aromatic amines is 1. The fourth-order valence-corrected chi connectivity index (χ4v) is 4.79. The molecule has 0 aliphatic heterocycles. The zero-order valence-corrected chi connectivity index (χ0v) is 14.4. The summed E-state index contributed by atoms with van der Waals surface area (Å²) in [5, 5.41) is 4.15. The number of hydrogen-bond donors (Lipinski definition) is 2. The number of benzene rings is 1. The van der Waals surface area contributed by atoms with E-state index in [1.807, 2.05) is 12.1 Å². The van der Waals surface area contributed by atoms with E-state index < -0.39 is 0 Å². The van der Waals surface area contributed by atoms with Crippen molar-refractivity contribution in [1.82, 2.24) is 9.97 Å². The second-order valence-corrected chi connectivity index (χ2v) is 7.60. The zero-order chi connectivity index (χ0) is 15.8. The van der Waals surface area contributed by atoms with Crippen LogP contribution in [-0.2, 0) is 19.4 Å². The van der Waals surface area contributed by atoms with Crippen molar-refractivity contribution in [2.45, 2.75) is 30.7 Å². The highest BCUT2D eigenvalue weighted by atomic mass is 32.2. The van der Waals surface area contributed by atoms with Gasteiger partial charge in [-0.05, 0) is 49.3 Å². The minimum absolute atomic E-state index is 0.00376. The number of nitrogens with one attached hydrogen (secondary N) is 2. The van der Waals surface area contributed by atoms with Crippen LogP contribution in [0.1, 0.15) is 22.7 Å². The Morgan fingerprint density at radius 3 is 3.17 bits per heavy atom. The van der Waals surface area contributed by atoms with Gasteiger partial charge in [0.05, 0.1) is 11.9 Å². The summed E-state index contributed by atoms with van der Waals surface area (Å²) in [5.74, 6) is 0.692. The predicted octanol–water partition coefficient (Wildman–Crippen LogP) is 3.81. The first-order valence-electron chi connectivity index (χ1n) is 7.66. The van der Waals surface area contributed by atoms with Gasteiger partial charge in [-0.25, -0.2) is 4.98 Å². The third kappa shape index (κ3) is 2.77. The first kappa shape index (κ1) is 14.8. The number of H-pyrrole nitrogens is 1. The molecule has 0 atom stereocenters. The number of hydrogen-bond acceptors (Lipinski definition) is 5. The molecular weight excluding hydrogens is 326 g/mol. The molecule has 2 heterocycles. The zero-order valence-electron chi connectivity index (χ0n) is 12.8. The van der Waals surface area contributed by atoms with E-state index in [0.29, 0.717) is 12.4 Å². The summed E-state index contributed by atoms with van der Waals surface area (Å²) < 4.78 is 0. The summed E-state index contributed by atoms with van der Waals surface area (Å²) >= 11 is 3.39. The number of nitrogens with zero attached hydrogens (tertiary/aromatic N) is 1. The topological polar surface area (TPSA) is 57.8 Å². The average Bonchev–Trinajstić information content (AvgIpc) is 3.13. The lowest BCUT2D eigenvalue weighted by Gasteiger charge is -2.07. The van der Waals surface area contributed by atoms with Crippen molar-refractivity contribution in [3.05, 3.63) is 50.9 Å². The Bertz CT molecular complexity index is 929. The second-order valence-electron chi connectivity index (χ2n) is 5.64. The largest absolute Gasteiger partial charge is 0.378 e. The first-order chi connectivity index (χ1) is 11.2. The first-order valence-corrected chi connectivity index (χ1v) is 9.70. The molecule has 118 valence electrons. The molecule has 4 rings (SSSR count). The van der Waals surface area contributed by atoms with E-state index in [1.165, 1.54) is 15.3 Å². The number of thioether (sulfide) groups is 1. The Hall–Kier alpha value is -1.79. The summed E-state index contributed by atoms with van der Waals surface area (Å²) in [7, 11) is 0. The molecule has 3 aromatic rings. The maximum atomic E-state index is 12.4. The van der Waals surface area contributed by atoms with Gasteiger partial charge in [-0.3, -0.25) is 4.79 Å². The summed E-state index contributed by atoms with van der Waals surface area (Å²) in [6.45, 7) is 0.519. The molecule has 0 saturated carbocycles. The van der Waals surface area contributed by atoms with E-state index in [2.05, 4.69) is 33.7 Å². The summed E-state index contributed by atoms with van der Waals surface area (Å²) in [6.07, 6.45) is 5.32. The lowest BCUT2D eigenvalue weighted by molar-refractivity contribution is 0.913. The molecule has 0 unspecified atom stereocenters. The maximum absolute atomic E-state index is 12.4. The lowest BCUT2D eigenvalue weighted by Crippen LogP contribution is -2.14. The van der Waals surface area contributed by atoms with E-state index in [0.717, 1.165) is 35.2 Å². The Kier molecular flexibility index (Phi) is 3.87. The summed E-state index contributed by atoms with van der Waals surface area (Å²) in [4.78, 5) is 23.4. The van der Waals surface area contributed by atoms with Crippen molar-refractivity contribution in [1.29, 1.82) is 0 Å². The Morgan fingerprint density at radius 2 is 2.30 bits per heavy atom. The molecule has 0 saturated heterocycles. The van der Waals surface area contributed by atoms with Crippen LogP contribution in [0.25, 0.3) is 10.2 Å². The highest BCUT2D eigenvalue weighted by Gasteiger charge is 2.20. The van der Waals surface area contributed by atoms with E-state index in [9.17, 15) is 4.79 Å². The third-order valence-corrected chi connectivity index (χ3v) is 6.06. The number of aromatic nitrogens is 2. The van der Waals surface area contributed by atoms with Gasteiger partial charge in [0, 0.05) is 15.5 Å². The Morgan fingerprint density at radius 1 is 1.39 bits per heavy atom. The van der Waals surface area contributed by atoms with Gasteiger partial charge in [0.2, 0.25) is 0 Å². The monoisotopic (exact) mass is 343 g/mol. The molecule has 23 heavy (non-hydrogen) atoms. The molecule has 0 radical (unpaired) electrons. The van der Waals surface area contributed by atoms with Crippen molar-refractivity contribution in [3.8, 4) is 0 Å². The van der Waals surface area contributed by atoms with E-state index in [4.69, 9.17) is 0 Å². The molecule has 0 spiro atoms. The molecule has 1 aromatic carbocycles. The standard InChI is InChI=1S/C17H17N3OS2/c1-22-11-5-2-4-10(8-11)18-9-14-19-16(21)15-12-6-3-7-13(12)23-17(15)20-14/h2,4-5,8,18H,3,6-7,9H2,1H3,(H,19,20,21). The number of anilines is 1. The van der Waals surface area contributed by atoms with E-state index in [-0.39, 0.29) is 5.56 Å². The van der Waals surface area contributed by atoms with Crippen LogP contribution in [0.3, 0.4) is 0 Å². The van der Waals surface area contributed by atoms with Crippen LogP contribution in [0.4, 0.5) is 5.69 Å². The molecule has 1 aliphatic carbocycles. The minimum Gasteiger partial charge on any atom is -0.378 e. The fraction of sp³-hybridized carbons (Fsp3) is 0.294. The maximum Gasteiger partial charge on any atom is 0.259 e. The molecule has 4 nitrogen and oxygen atoms in total. The Labute approximate surface area is 142 Å². The van der Waals surface area contributed by atoms with E-state index >= 15 is 0 Å². The molecule has 0 bridgehead atoms. The molecule has 0 fully saturated rings. The lowest BCUT2D eigenvalue weighted by atomic mass is 10.2. The van der Waals surface area contributed by atoms with Crippen LogP contribution in [-0.4, -0.2) is 16.2 Å². The molecule has 6 heteroatoms. The van der Waals surface area contributed by atoms with Crippen molar-refractivity contribution < 1.29 is 0 Å². The van der Waals surface area contributed by atoms with E-state index in [1.54, 1.807) is 23.1 Å². The summed E-state index contributed by atoms with van der Waals surface area (Å²) in [5.41, 5.74) is 2.27. The highest BCUT2D eigenvalue weighted by molar-refractivity contribution is 7.98. The molecule has 0 amide bonds. The second kappa shape index (κ2) is 6.02. The third-order valence-electron chi connectivity index (χ3n) is 4.15. The summed E-state index contributed by atoms with van der Waals surface area (Å²) in [6, 6.07) is 8.23. The highest BCUT2D eigenvalue weighted by Crippen LogP contribution is 2.34. The van der Waals surface area contributed by atoms with Crippen molar-refractivity contribution in [2.24, 2.45) is 0 Å². The van der Waals surface area contributed by atoms with Gasteiger partial charge in [0.1, 0.15) is 10.7 Å². The average molecular weight is 343 g/mol. The molecule has 1 aliphatic rings. The quantitative estimate of drug-likeness (QED) is 0.707. The van der Waals surface area contributed by atoms with Gasteiger partial charge >= 0.3 is 0 Å². The van der Waals surface area contributed by atoms with Crippen LogP contribution >= 0.6 is 23.1 Å². The SMILES string of the molecule is CSc1cccc(NCc2nc3sc4c(c3c(=O)[nH]2)CCC4)c1. The van der Waals surface area contributed by atoms with Gasteiger partial charge < -0.3 is 10.3 Å². The van der Waals surface area contributed by atoms with Gasteiger partial charge in [-0.1, -0.05) is 6.07 Å². The molecule has 2 aromatic heterocycles. The number of thiophene rings is 1. The molecule has 2 N–H and O–H groups in total. The van der Waals surface area contributed by atoms with Crippen LogP contribution in [0, 0.1) is 0 Å². The Balaban J connectivity index is 1.61. The van der Waals surface area contributed by atoms with Crippen LogP contribution in [0.5, 0.6) is 0 Å². The smallest absolute Gasteiger partial charge is 0.259 e. The minimum atomic E-state index is 0.00376. The van der Waals surface area contributed by atoms with Gasteiger partial charge in [0.15, 0.2) is 0 Å². The van der Waals surface area contributed by atoms with Crippen molar-refractivity contribution >= 4 is 39.0 Å². The van der Waals surface area contributed by atoms with Crippen LogP contribution < -0.4 is 10.9 Å². The number of rotatable bonds is 4. The van der Waals surface area contributed by atoms with Crippen molar-refractivity contribution in [2.75, 3.05) is 11.6 Å². The van der Waals surface area contributed by atoms with Crippen molar-refractivity contribution in [3.63, 3.8) is 0 Å². The fourth-order valence-electron chi connectivity index (χ4n) is 3.05. The number of aryl methyl sites for hydroxylation is 2. The van der Waals surface area contributed by atoms with Crippen LogP contribution in [0.15, 0.2) is 34.0 Å². The van der Waals surface area contributed by atoms with Gasteiger partial charge in [0.25, 0.3) is 5.56 Å².